The first-order chi connectivity index (χ1) is 12.6. The van der Waals surface area contributed by atoms with Crippen molar-refractivity contribution in [3.05, 3.63) is 23.8 Å². The summed E-state index contributed by atoms with van der Waals surface area (Å²) in [5.74, 6) is 1.16. The number of carbonyl (C=O) groups is 2. The summed E-state index contributed by atoms with van der Waals surface area (Å²) in [5, 5.41) is 2.97. The summed E-state index contributed by atoms with van der Waals surface area (Å²) >= 11 is 0. The van der Waals surface area contributed by atoms with E-state index in [1.165, 1.54) is 0 Å². The van der Waals surface area contributed by atoms with Crippen molar-refractivity contribution >= 4 is 11.8 Å². The molecule has 7 heteroatoms. The molecule has 1 N–H and O–H groups in total. The SMILES string of the molecule is CCN(CC)CCNC(=O)C1CC(=O)N(Cc2ccc3c(c2)OCO3)C1. The highest BCUT2D eigenvalue weighted by Crippen LogP contribution is 2.33. The summed E-state index contributed by atoms with van der Waals surface area (Å²) < 4.78 is 10.7. The largest absolute Gasteiger partial charge is 0.454 e. The smallest absolute Gasteiger partial charge is 0.231 e. The number of amides is 2. The maximum absolute atomic E-state index is 12.4. The molecular formula is C19H27N3O4. The molecule has 2 aliphatic rings. The quantitative estimate of drug-likeness (QED) is 0.754. The van der Waals surface area contributed by atoms with E-state index in [4.69, 9.17) is 9.47 Å². The van der Waals surface area contributed by atoms with Gasteiger partial charge in [0.2, 0.25) is 18.6 Å². The van der Waals surface area contributed by atoms with Crippen LogP contribution in [0.25, 0.3) is 0 Å². The highest BCUT2D eigenvalue weighted by molar-refractivity contribution is 5.89. The fraction of sp³-hybridized carbons (Fsp3) is 0.579. The Hall–Kier alpha value is -2.28. The van der Waals surface area contributed by atoms with Crippen molar-refractivity contribution < 1.29 is 19.1 Å². The molecule has 2 aliphatic heterocycles. The zero-order valence-electron chi connectivity index (χ0n) is 15.5. The number of rotatable bonds is 8. The van der Waals surface area contributed by atoms with Crippen LogP contribution in [0, 0.1) is 5.92 Å². The number of fused-ring (bicyclic) bond motifs is 1. The Morgan fingerprint density at radius 2 is 2.04 bits per heavy atom. The van der Waals surface area contributed by atoms with E-state index in [0.29, 0.717) is 25.4 Å². The fourth-order valence-electron chi connectivity index (χ4n) is 3.38. The van der Waals surface area contributed by atoms with Gasteiger partial charge in [-0.05, 0) is 30.8 Å². The number of likely N-dealkylation sites (tertiary alicyclic amines) is 1. The van der Waals surface area contributed by atoms with Gasteiger partial charge in [0.15, 0.2) is 11.5 Å². The fourth-order valence-corrected chi connectivity index (χ4v) is 3.38. The molecule has 3 rings (SSSR count). The number of hydrogen-bond acceptors (Lipinski definition) is 5. The van der Waals surface area contributed by atoms with Crippen molar-refractivity contribution in [1.29, 1.82) is 0 Å². The molecule has 2 heterocycles. The number of ether oxygens (including phenoxy) is 2. The van der Waals surface area contributed by atoms with Crippen molar-refractivity contribution in [2.24, 2.45) is 5.92 Å². The molecule has 1 atom stereocenters. The Morgan fingerprint density at radius 1 is 1.27 bits per heavy atom. The highest BCUT2D eigenvalue weighted by Gasteiger charge is 2.34. The Kier molecular flexibility index (Phi) is 5.98. The normalized spacial score (nSPS) is 18.7. The van der Waals surface area contributed by atoms with Crippen LogP contribution in [-0.4, -0.2) is 61.1 Å². The van der Waals surface area contributed by atoms with Gasteiger partial charge < -0.3 is 24.6 Å². The van der Waals surface area contributed by atoms with Gasteiger partial charge in [0.05, 0.1) is 5.92 Å². The van der Waals surface area contributed by atoms with E-state index in [1.54, 1.807) is 4.90 Å². The summed E-state index contributed by atoms with van der Waals surface area (Å²) in [4.78, 5) is 28.6. The maximum atomic E-state index is 12.4. The van der Waals surface area contributed by atoms with Gasteiger partial charge in [0, 0.05) is 32.6 Å². The number of likely N-dealkylation sites (N-methyl/N-ethyl adjacent to an activating group) is 1. The van der Waals surface area contributed by atoms with Gasteiger partial charge >= 0.3 is 0 Å². The van der Waals surface area contributed by atoms with Gasteiger partial charge in [-0.2, -0.15) is 0 Å². The summed E-state index contributed by atoms with van der Waals surface area (Å²) in [7, 11) is 0. The molecule has 1 saturated heterocycles. The lowest BCUT2D eigenvalue weighted by atomic mass is 10.1. The number of carbonyl (C=O) groups excluding carboxylic acids is 2. The molecule has 1 aromatic carbocycles. The van der Waals surface area contributed by atoms with Crippen molar-refractivity contribution in [3.8, 4) is 11.5 Å². The van der Waals surface area contributed by atoms with E-state index in [1.807, 2.05) is 18.2 Å². The molecule has 142 valence electrons. The average Bonchev–Trinajstić information content (AvgIpc) is 3.25. The Labute approximate surface area is 154 Å². The predicted octanol–water partition coefficient (Wildman–Crippen LogP) is 1.22. The summed E-state index contributed by atoms with van der Waals surface area (Å²) in [6, 6.07) is 5.68. The second-order valence-corrected chi connectivity index (χ2v) is 6.68. The van der Waals surface area contributed by atoms with Crippen molar-refractivity contribution in [1.82, 2.24) is 15.1 Å². The molecule has 0 aromatic heterocycles. The van der Waals surface area contributed by atoms with E-state index in [2.05, 4.69) is 24.1 Å². The second-order valence-electron chi connectivity index (χ2n) is 6.68. The second kappa shape index (κ2) is 8.40. The first-order valence-corrected chi connectivity index (χ1v) is 9.27. The van der Waals surface area contributed by atoms with Gasteiger partial charge in [0.25, 0.3) is 0 Å². The van der Waals surface area contributed by atoms with Crippen LogP contribution in [0.2, 0.25) is 0 Å². The van der Waals surface area contributed by atoms with Crippen molar-refractivity contribution in [3.63, 3.8) is 0 Å². The maximum Gasteiger partial charge on any atom is 0.231 e. The third kappa shape index (κ3) is 4.27. The summed E-state index contributed by atoms with van der Waals surface area (Å²) in [6.07, 6.45) is 0.279. The van der Waals surface area contributed by atoms with Crippen LogP contribution in [-0.2, 0) is 16.1 Å². The number of hydrogen-bond donors (Lipinski definition) is 1. The number of nitrogens with zero attached hydrogens (tertiary/aromatic N) is 2. The number of nitrogens with one attached hydrogen (secondary N) is 1. The number of benzene rings is 1. The minimum Gasteiger partial charge on any atom is -0.454 e. The molecule has 7 nitrogen and oxygen atoms in total. The van der Waals surface area contributed by atoms with Crippen LogP contribution in [0.4, 0.5) is 0 Å². The van der Waals surface area contributed by atoms with E-state index in [0.717, 1.165) is 30.9 Å². The van der Waals surface area contributed by atoms with Crippen LogP contribution in [0.5, 0.6) is 11.5 Å². The van der Waals surface area contributed by atoms with Crippen LogP contribution < -0.4 is 14.8 Å². The third-order valence-electron chi connectivity index (χ3n) is 5.02. The van der Waals surface area contributed by atoms with E-state index < -0.39 is 0 Å². The lowest BCUT2D eigenvalue weighted by Crippen LogP contribution is -2.38. The minimum absolute atomic E-state index is 0.0200. The molecule has 0 radical (unpaired) electrons. The minimum atomic E-state index is -0.270. The van der Waals surface area contributed by atoms with Gasteiger partial charge in [-0.25, -0.2) is 0 Å². The standard InChI is InChI=1S/C19H27N3O4/c1-3-21(4-2)8-7-20-19(24)15-10-18(23)22(12-15)11-14-5-6-16-17(9-14)26-13-25-16/h5-6,9,15H,3-4,7-8,10-13H2,1-2H3,(H,20,24). The van der Waals surface area contributed by atoms with Gasteiger partial charge in [-0.3, -0.25) is 9.59 Å². The molecule has 0 spiro atoms. The Balaban J connectivity index is 1.49. The van der Waals surface area contributed by atoms with Crippen molar-refractivity contribution in [2.45, 2.75) is 26.8 Å². The Morgan fingerprint density at radius 3 is 2.81 bits per heavy atom. The van der Waals surface area contributed by atoms with E-state index in [9.17, 15) is 9.59 Å². The molecule has 1 fully saturated rings. The average molecular weight is 361 g/mol. The molecular weight excluding hydrogens is 334 g/mol. The first-order valence-electron chi connectivity index (χ1n) is 9.27. The van der Waals surface area contributed by atoms with Gasteiger partial charge in [0.1, 0.15) is 0 Å². The van der Waals surface area contributed by atoms with Crippen LogP contribution in [0.15, 0.2) is 18.2 Å². The lowest BCUT2D eigenvalue weighted by molar-refractivity contribution is -0.129. The topological polar surface area (TPSA) is 71.1 Å². The molecule has 0 saturated carbocycles. The van der Waals surface area contributed by atoms with Crippen LogP contribution >= 0.6 is 0 Å². The van der Waals surface area contributed by atoms with Gasteiger partial charge in [-0.1, -0.05) is 19.9 Å². The lowest BCUT2D eigenvalue weighted by Gasteiger charge is -2.19. The van der Waals surface area contributed by atoms with E-state index in [-0.39, 0.29) is 30.9 Å². The Bertz CT molecular complexity index is 660. The molecule has 0 bridgehead atoms. The van der Waals surface area contributed by atoms with Crippen molar-refractivity contribution in [2.75, 3.05) is 39.5 Å². The zero-order valence-corrected chi connectivity index (χ0v) is 15.5. The molecule has 0 aliphatic carbocycles. The molecule has 1 unspecified atom stereocenters. The molecule has 26 heavy (non-hydrogen) atoms. The monoisotopic (exact) mass is 361 g/mol. The highest BCUT2D eigenvalue weighted by atomic mass is 16.7. The predicted molar refractivity (Wildman–Crippen MR) is 96.9 cm³/mol. The van der Waals surface area contributed by atoms with Crippen LogP contribution in [0.1, 0.15) is 25.8 Å². The summed E-state index contributed by atoms with van der Waals surface area (Å²) in [5.41, 5.74) is 0.977. The van der Waals surface area contributed by atoms with Gasteiger partial charge in [-0.15, -0.1) is 0 Å². The molecule has 1 aromatic rings. The summed E-state index contributed by atoms with van der Waals surface area (Å²) in [6.45, 7) is 8.78. The third-order valence-corrected chi connectivity index (χ3v) is 5.02. The molecule has 2 amide bonds. The van der Waals surface area contributed by atoms with Crippen LogP contribution in [0.3, 0.4) is 0 Å². The zero-order chi connectivity index (χ0) is 18.5. The first kappa shape index (κ1) is 18.5. The van der Waals surface area contributed by atoms with E-state index >= 15 is 0 Å².